The van der Waals surface area contributed by atoms with Crippen molar-refractivity contribution in [3.63, 3.8) is 0 Å². The van der Waals surface area contributed by atoms with Crippen molar-refractivity contribution in [2.24, 2.45) is 0 Å². The minimum Gasteiger partial charge on any atom is -0.497 e. The lowest BCUT2D eigenvalue weighted by Crippen LogP contribution is -2.42. The molecule has 5 rings (SSSR count). The van der Waals surface area contributed by atoms with Gasteiger partial charge in [0.1, 0.15) is 5.75 Å². The van der Waals surface area contributed by atoms with E-state index in [2.05, 4.69) is 4.90 Å². The number of nitrogens with zero attached hydrogens (tertiary/aromatic N) is 3. The van der Waals surface area contributed by atoms with Gasteiger partial charge in [0.2, 0.25) is 0 Å². The first-order valence-corrected chi connectivity index (χ1v) is 11.9. The summed E-state index contributed by atoms with van der Waals surface area (Å²) in [5, 5.41) is 0. The van der Waals surface area contributed by atoms with Gasteiger partial charge in [0, 0.05) is 5.56 Å². The molecule has 0 spiro atoms. The number of fused-ring (bicyclic) bond motifs is 1. The van der Waals surface area contributed by atoms with Crippen LogP contribution in [0.5, 0.6) is 5.75 Å². The van der Waals surface area contributed by atoms with Gasteiger partial charge in [-0.25, -0.2) is 0 Å². The Labute approximate surface area is 196 Å². The van der Waals surface area contributed by atoms with Gasteiger partial charge in [-0.05, 0) is 56.3 Å². The van der Waals surface area contributed by atoms with Crippen LogP contribution in [0.25, 0.3) is 5.57 Å². The number of thioether (sulfide) groups is 1. The van der Waals surface area contributed by atoms with Crippen LogP contribution < -0.4 is 14.5 Å². The number of para-hydroxylation sites is 1. The number of carbonyl (C=O) groups excluding carboxylic acids is 2. The van der Waals surface area contributed by atoms with Gasteiger partial charge in [0.25, 0.3) is 11.8 Å². The number of hydrogen-bond acceptors (Lipinski definition) is 6. The normalized spacial score (nSPS) is 21.5. The molecule has 0 atom stereocenters. The highest BCUT2D eigenvalue weighted by Gasteiger charge is 2.42. The van der Waals surface area contributed by atoms with E-state index < -0.39 is 0 Å². The fourth-order valence-corrected chi connectivity index (χ4v) is 5.78. The zero-order chi connectivity index (χ0) is 22.2. The number of anilines is 2. The lowest BCUT2D eigenvalue weighted by Gasteiger charge is -2.30. The van der Waals surface area contributed by atoms with Gasteiger partial charge < -0.3 is 4.74 Å². The van der Waals surface area contributed by atoms with Crippen molar-refractivity contribution in [3.05, 3.63) is 59.0 Å². The quantitative estimate of drug-likeness (QED) is 0.497. The van der Waals surface area contributed by atoms with Crippen LogP contribution in [-0.2, 0) is 9.59 Å². The van der Waals surface area contributed by atoms with E-state index in [4.69, 9.17) is 17.0 Å². The molecule has 0 aromatic heterocycles. The lowest BCUT2D eigenvalue weighted by atomic mass is 10.1. The summed E-state index contributed by atoms with van der Waals surface area (Å²) in [6.45, 7) is 2.51. The minimum absolute atomic E-state index is 0.132. The summed E-state index contributed by atoms with van der Waals surface area (Å²) >= 11 is 6.73. The van der Waals surface area contributed by atoms with Crippen LogP contribution in [0.4, 0.5) is 11.4 Å². The summed E-state index contributed by atoms with van der Waals surface area (Å²) in [4.78, 5) is 33.1. The Bertz CT molecular complexity index is 1120. The second kappa shape index (κ2) is 8.69. The van der Waals surface area contributed by atoms with Crippen LogP contribution in [0.3, 0.4) is 0 Å². The molecule has 2 aromatic rings. The Kier molecular flexibility index (Phi) is 5.75. The molecule has 2 aromatic carbocycles. The van der Waals surface area contributed by atoms with Crippen molar-refractivity contribution < 1.29 is 14.3 Å². The predicted octanol–water partition coefficient (Wildman–Crippen LogP) is 4.26. The first-order valence-electron chi connectivity index (χ1n) is 10.7. The van der Waals surface area contributed by atoms with Crippen LogP contribution >= 0.6 is 24.0 Å². The van der Waals surface area contributed by atoms with E-state index in [-0.39, 0.29) is 11.8 Å². The van der Waals surface area contributed by atoms with Crippen molar-refractivity contribution in [3.8, 4) is 5.75 Å². The molecule has 3 aliphatic heterocycles. The molecule has 0 N–H and O–H groups in total. The summed E-state index contributed by atoms with van der Waals surface area (Å²) < 4.78 is 5.63. The third-order valence-corrected chi connectivity index (χ3v) is 7.41. The monoisotopic (exact) mass is 465 g/mol. The van der Waals surface area contributed by atoms with Gasteiger partial charge in [0.05, 0.1) is 35.6 Å². The summed E-state index contributed by atoms with van der Waals surface area (Å²) in [7, 11) is 1.60. The molecule has 32 heavy (non-hydrogen) atoms. The molecule has 0 radical (unpaired) electrons. The number of rotatable bonds is 4. The molecule has 0 bridgehead atoms. The van der Waals surface area contributed by atoms with E-state index in [9.17, 15) is 9.59 Å². The molecule has 164 valence electrons. The summed E-state index contributed by atoms with van der Waals surface area (Å²) in [6, 6.07) is 14.9. The van der Waals surface area contributed by atoms with E-state index in [0.717, 1.165) is 37.2 Å². The zero-order valence-corrected chi connectivity index (χ0v) is 19.4. The standard InChI is InChI=1S/C24H23N3O3S2/c1-30-17-11-9-16(10-12-17)27-23(29)21(32-24(27)31)20-18-7-3-4-8-19(18)26(22(20)28)15-25-13-5-2-6-14-25/h3-4,7-12H,2,5-6,13-15H2,1H3. The Morgan fingerprint density at radius 2 is 1.69 bits per heavy atom. The fourth-order valence-electron chi connectivity index (χ4n) is 4.41. The van der Waals surface area contributed by atoms with Crippen molar-refractivity contribution in [1.29, 1.82) is 0 Å². The van der Waals surface area contributed by atoms with Crippen molar-refractivity contribution in [1.82, 2.24) is 4.90 Å². The van der Waals surface area contributed by atoms with Crippen LogP contribution in [-0.4, -0.2) is 47.9 Å². The zero-order valence-electron chi connectivity index (χ0n) is 17.7. The highest BCUT2D eigenvalue weighted by Crippen LogP contribution is 2.45. The van der Waals surface area contributed by atoms with E-state index in [0.29, 0.717) is 32.9 Å². The highest BCUT2D eigenvalue weighted by molar-refractivity contribution is 8.27. The van der Waals surface area contributed by atoms with E-state index >= 15 is 0 Å². The Morgan fingerprint density at radius 1 is 0.969 bits per heavy atom. The van der Waals surface area contributed by atoms with Crippen molar-refractivity contribution in [2.75, 3.05) is 36.7 Å². The van der Waals surface area contributed by atoms with Gasteiger partial charge in [-0.2, -0.15) is 0 Å². The third kappa shape index (κ3) is 3.62. The molecule has 0 unspecified atom stereocenters. The average molecular weight is 466 g/mol. The predicted molar refractivity (Wildman–Crippen MR) is 132 cm³/mol. The topological polar surface area (TPSA) is 53.1 Å². The van der Waals surface area contributed by atoms with Crippen LogP contribution in [0, 0.1) is 0 Å². The minimum atomic E-state index is -0.261. The molecule has 3 heterocycles. The first kappa shape index (κ1) is 21.2. The number of methoxy groups -OCH3 is 1. The number of hydrogen-bond donors (Lipinski definition) is 0. The fraction of sp³-hybridized carbons (Fsp3) is 0.292. The van der Waals surface area contributed by atoms with Gasteiger partial charge in [-0.1, -0.05) is 48.6 Å². The van der Waals surface area contributed by atoms with Crippen LogP contribution in [0.1, 0.15) is 24.8 Å². The molecular formula is C24H23N3O3S2. The summed E-state index contributed by atoms with van der Waals surface area (Å²) in [6.07, 6.45) is 3.54. The maximum atomic E-state index is 13.6. The number of carbonyl (C=O) groups is 2. The Balaban J connectivity index is 1.51. The van der Waals surface area contributed by atoms with E-state index in [1.807, 2.05) is 24.3 Å². The molecule has 2 amide bonds. The SMILES string of the molecule is COc1ccc(N2C(=O)C(=C3C(=O)N(CN4CCCCC4)c4ccccc43)SC2=S)cc1. The lowest BCUT2D eigenvalue weighted by molar-refractivity contribution is -0.115. The average Bonchev–Trinajstić information content (AvgIpc) is 3.26. The number of piperidine rings is 1. The van der Waals surface area contributed by atoms with Crippen LogP contribution in [0.2, 0.25) is 0 Å². The maximum absolute atomic E-state index is 13.6. The maximum Gasteiger partial charge on any atom is 0.271 e. The molecular weight excluding hydrogens is 442 g/mol. The highest BCUT2D eigenvalue weighted by atomic mass is 32.2. The van der Waals surface area contributed by atoms with Gasteiger partial charge in [0.15, 0.2) is 4.32 Å². The molecule has 6 nitrogen and oxygen atoms in total. The Hall–Kier alpha value is -2.68. The summed E-state index contributed by atoms with van der Waals surface area (Å²) in [5.74, 6) is 0.306. The number of ether oxygens (including phenoxy) is 1. The second-order valence-corrected chi connectivity index (χ2v) is 9.63. The van der Waals surface area contributed by atoms with Crippen molar-refractivity contribution >= 4 is 57.1 Å². The molecule has 2 saturated heterocycles. The van der Waals surface area contributed by atoms with Crippen molar-refractivity contribution in [2.45, 2.75) is 19.3 Å². The molecule has 3 aliphatic rings. The van der Waals surface area contributed by atoms with E-state index in [1.54, 1.807) is 36.3 Å². The van der Waals surface area contributed by atoms with Gasteiger partial charge in [-0.3, -0.25) is 24.3 Å². The number of benzene rings is 2. The molecule has 0 aliphatic carbocycles. The molecule has 0 saturated carbocycles. The smallest absolute Gasteiger partial charge is 0.271 e. The number of likely N-dealkylation sites (tertiary alicyclic amines) is 1. The molecule has 8 heteroatoms. The first-order chi connectivity index (χ1) is 15.6. The molecule has 2 fully saturated rings. The number of amides is 2. The van der Waals surface area contributed by atoms with Gasteiger partial charge in [-0.15, -0.1) is 0 Å². The third-order valence-electron chi connectivity index (χ3n) is 6.04. The Morgan fingerprint density at radius 3 is 2.41 bits per heavy atom. The number of thiocarbonyl (C=S) groups is 1. The second-order valence-electron chi connectivity index (χ2n) is 7.98. The van der Waals surface area contributed by atoms with Gasteiger partial charge >= 0.3 is 0 Å². The summed E-state index contributed by atoms with van der Waals surface area (Å²) in [5.41, 5.74) is 2.76. The van der Waals surface area contributed by atoms with E-state index in [1.165, 1.54) is 23.1 Å². The van der Waals surface area contributed by atoms with Crippen LogP contribution in [0.15, 0.2) is 53.4 Å². The largest absolute Gasteiger partial charge is 0.497 e.